The molecule has 0 unspecified atom stereocenters. The summed E-state index contributed by atoms with van der Waals surface area (Å²) in [6, 6.07) is 0.407. The van der Waals surface area contributed by atoms with E-state index in [0.717, 1.165) is 30.8 Å². The van der Waals surface area contributed by atoms with E-state index >= 15 is 0 Å². The molecule has 3 rings (SSSR count). The summed E-state index contributed by atoms with van der Waals surface area (Å²) >= 11 is 0. The molecular weight excluding hydrogens is 328 g/mol. The van der Waals surface area contributed by atoms with E-state index < -0.39 is 5.97 Å². The average Bonchev–Trinajstić information content (AvgIpc) is 2.67. The summed E-state index contributed by atoms with van der Waals surface area (Å²) in [5, 5.41) is 12.1. The van der Waals surface area contributed by atoms with E-state index in [1.165, 1.54) is 64.1 Å². The summed E-state index contributed by atoms with van der Waals surface area (Å²) in [5.41, 5.74) is 0.552. The number of nitrogens with zero attached hydrogens (tertiary/aromatic N) is 3. The Labute approximate surface area is 155 Å². The highest BCUT2D eigenvalue weighted by Crippen LogP contribution is 2.27. The van der Waals surface area contributed by atoms with Crippen LogP contribution < -0.4 is 5.32 Å². The molecule has 1 saturated heterocycles. The summed E-state index contributed by atoms with van der Waals surface area (Å²) in [4.78, 5) is 21.7. The van der Waals surface area contributed by atoms with E-state index in [1.54, 1.807) is 12.4 Å². The molecule has 0 aromatic carbocycles. The zero-order chi connectivity index (χ0) is 18.2. The Morgan fingerprint density at radius 3 is 2.77 bits per heavy atom. The van der Waals surface area contributed by atoms with Crippen molar-refractivity contribution in [3.8, 4) is 0 Å². The van der Waals surface area contributed by atoms with E-state index in [4.69, 9.17) is 5.11 Å². The quantitative estimate of drug-likeness (QED) is 0.727. The molecule has 1 aliphatic carbocycles. The zero-order valence-corrected chi connectivity index (χ0v) is 15.4. The Morgan fingerprint density at radius 1 is 1.19 bits per heavy atom. The van der Waals surface area contributed by atoms with Crippen molar-refractivity contribution in [3.63, 3.8) is 0 Å². The normalized spacial score (nSPS) is 22.5. The Hall–Kier alpha value is -1.95. The van der Waals surface area contributed by atoms with Gasteiger partial charge < -0.3 is 15.3 Å². The third kappa shape index (κ3) is 6.09. The molecule has 2 heterocycles. The fourth-order valence-electron chi connectivity index (χ4n) is 4.08. The molecule has 6 heteroatoms. The van der Waals surface area contributed by atoms with Crippen molar-refractivity contribution in [1.82, 2.24) is 14.9 Å². The highest BCUT2D eigenvalue weighted by molar-refractivity contribution is 5.84. The van der Waals surface area contributed by atoms with Gasteiger partial charge in [-0.15, -0.1) is 0 Å². The third-order valence-electron chi connectivity index (χ3n) is 5.50. The number of aromatic nitrogens is 2. The van der Waals surface area contributed by atoms with Gasteiger partial charge in [-0.3, -0.25) is 4.98 Å². The standard InChI is InChI=1S/C20H30N4O2/c25-20(26)9-8-17-13-22-19(14-21-17)23-18-7-4-11-24(15-18)12-10-16-5-2-1-3-6-16/h8-9,13-14,16,18H,1-7,10-12,15H2,(H,22,23)(H,25,26)/b9-8+/t18-/m1/s1. The van der Waals surface area contributed by atoms with Gasteiger partial charge >= 0.3 is 5.97 Å². The van der Waals surface area contributed by atoms with Crippen molar-refractivity contribution in [2.45, 2.75) is 57.4 Å². The van der Waals surface area contributed by atoms with Gasteiger partial charge in [-0.2, -0.15) is 0 Å². The molecule has 26 heavy (non-hydrogen) atoms. The summed E-state index contributed by atoms with van der Waals surface area (Å²) in [6.45, 7) is 3.48. The molecule has 0 spiro atoms. The fourth-order valence-corrected chi connectivity index (χ4v) is 4.08. The molecule has 1 atom stereocenters. The number of hydrogen-bond acceptors (Lipinski definition) is 5. The highest BCUT2D eigenvalue weighted by atomic mass is 16.4. The van der Waals surface area contributed by atoms with Gasteiger partial charge in [-0.25, -0.2) is 9.78 Å². The van der Waals surface area contributed by atoms with Crippen molar-refractivity contribution in [2.75, 3.05) is 25.0 Å². The number of carbonyl (C=O) groups is 1. The Balaban J connectivity index is 1.44. The molecule has 1 aromatic heterocycles. The van der Waals surface area contributed by atoms with Crippen LogP contribution in [0.15, 0.2) is 18.5 Å². The van der Waals surface area contributed by atoms with E-state index in [2.05, 4.69) is 20.2 Å². The van der Waals surface area contributed by atoms with Crippen LogP contribution in [0.25, 0.3) is 6.08 Å². The minimum atomic E-state index is -0.982. The summed E-state index contributed by atoms with van der Waals surface area (Å²) in [7, 11) is 0. The summed E-state index contributed by atoms with van der Waals surface area (Å²) < 4.78 is 0. The molecule has 1 aliphatic heterocycles. The summed E-state index contributed by atoms with van der Waals surface area (Å²) in [5.74, 6) is 0.718. The molecule has 1 saturated carbocycles. The molecule has 0 radical (unpaired) electrons. The predicted octanol–water partition coefficient (Wildman–Crippen LogP) is 3.42. The average molecular weight is 358 g/mol. The smallest absolute Gasteiger partial charge is 0.328 e. The van der Waals surface area contributed by atoms with Crippen molar-refractivity contribution in [3.05, 3.63) is 24.2 Å². The zero-order valence-electron chi connectivity index (χ0n) is 15.4. The van der Waals surface area contributed by atoms with Crippen LogP contribution >= 0.6 is 0 Å². The minimum absolute atomic E-state index is 0.407. The molecular formula is C20H30N4O2. The minimum Gasteiger partial charge on any atom is -0.478 e. The number of likely N-dealkylation sites (tertiary alicyclic amines) is 1. The van der Waals surface area contributed by atoms with Crippen molar-refractivity contribution < 1.29 is 9.90 Å². The first-order chi connectivity index (χ1) is 12.7. The monoisotopic (exact) mass is 358 g/mol. The number of hydrogen-bond donors (Lipinski definition) is 2. The Morgan fingerprint density at radius 2 is 2.04 bits per heavy atom. The van der Waals surface area contributed by atoms with E-state index in [1.807, 2.05) is 0 Å². The number of nitrogens with one attached hydrogen (secondary N) is 1. The van der Waals surface area contributed by atoms with Gasteiger partial charge in [0.2, 0.25) is 0 Å². The second-order valence-corrected chi connectivity index (χ2v) is 7.57. The van der Waals surface area contributed by atoms with Gasteiger partial charge in [0.25, 0.3) is 0 Å². The maximum atomic E-state index is 10.5. The number of piperidine rings is 1. The largest absolute Gasteiger partial charge is 0.478 e. The van der Waals surface area contributed by atoms with Crippen LogP contribution in [0.4, 0.5) is 5.82 Å². The maximum Gasteiger partial charge on any atom is 0.328 e. The van der Waals surface area contributed by atoms with Crippen LogP contribution in [-0.4, -0.2) is 51.6 Å². The maximum absolute atomic E-state index is 10.5. The van der Waals surface area contributed by atoms with Crippen LogP contribution in [0.5, 0.6) is 0 Å². The van der Waals surface area contributed by atoms with Gasteiger partial charge in [-0.1, -0.05) is 32.1 Å². The Bertz CT molecular complexity index is 596. The number of carboxylic acids is 1. The van der Waals surface area contributed by atoms with Gasteiger partial charge in [0.1, 0.15) is 5.82 Å². The van der Waals surface area contributed by atoms with Crippen LogP contribution in [0.3, 0.4) is 0 Å². The number of anilines is 1. The second-order valence-electron chi connectivity index (χ2n) is 7.57. The Kier molecular flexibility index (Phi) is 7.00. The lowest BCUT2D eigenvalue weighted by atomic mass is 9.87. The lowest BCUT2D eigenvalue weighted by Crippen LogP contribution is -2.43. The number of carboxylic acid groups (broad SMARTS) is 1. The molecule has 2 N–H and O–H groups in total. The van der Waals surface area contributed by atoms with Crippen molar-refractivity contribution >= 4 is 17.9 Å². The number of rotatable bonds is 7. The van der Waals surface area contributed by atoms with Crippen molar-refractivity contribution in [2.24, 2.45) is 5.92 Å². The second kappa shape index (κ2) is 9.67. The van der Waals surface area contributed by atoms with Gasteiger partial charge in [0.15, 0.2) is 0 Å². The molecule has 142 valence electrons. The van der Waals surface area contributed by atoms with Crippen LogP contribution in [0.1, 0.15) is 57.1 Å². The molecule has 1 aromatic rings. The van der Waals surface area contributed by atoms with E-state index in [-0.39, 0.29) is 0 Å². The molecule has 2 aliphatic rings. The first kappa shape index (κ1) is 18.8. The first-order valence-electron chi connectivity index (χ1n) is 9.91. The van der Waals surface area contributed by atoms with Crippen LogP contribution in [0.2, 0.25) is 0 Å². The highest BCUT2D eigenvalue weighted by Gasteiger charge is 2.21. The summed E-state index contributed by atoms with van der Waals surface area (Å²) in [6.07, 6.45) is 16.6. The number of aliphatic carboxylic acids is 1. The molecule has 0 bridgehead atoms. The van der Waals surface area contributed by atoms with Crippen LogP contribution in [0, 0.1) is 5.92 Å². The van der Waals surface area contributed by atoms with E-state index in [9.17, 15) is 4.79 Å². The predicted molar refractivity (Wildman–Crippen MR) is 103 cm³/mol. The third-order valence-corrected chi connectivity index (χ3v) is 5.50. The van der Waals surface area contributed by atoms with Gasteiger partial charge in [-0.05, 0) is 44.3 Å². The van der Waals surface area contributed by atoms with Gasteiger partial charge in [0.05, 0.1) is 18.1 Å². The topological polar surface area (TPSA) is 78.3 Å². The van der Waals surface area contributed by atoms with E-state index in [0.29, 0.717) is 11.7 Å². The SMILES string of the molecule is O=C(O)/C=C/c1cnc(N[C@@H]2CCCN(CCC3CCCCC3)C2)cn1. The lowest BCUT2D eigenvalue weighted by Gasteiger charge is -2.34. The molecule has 0 amide bonds. The van der Waals surface area contributed by atoms with Crippen LogP contribution in [-0.2, 0) is 4.79 Å². The molecule has 6 nitrogen and oxygen atoms in total. The first-order valence-corrected chi connectivity index (χ1v) is 9.91. The van der Waals surface area contributed by atoms with Crippen molar-refractivity contribution in [1.29, 1.82) is 0 Å². The fraction of sp³-hybridized carbons (Fsp3) is 0.650. The molecule has 2 fully saturated rings. The lowest BCUT2D eigenvalue weighted by molar-refractivity contribution is -0.131. The van der Waals surface area contributed by atoms with Gasteiger partial charge in [0, 0.05) is 18.7 Å².